The highest BCUT2D eigenvalue weighted by atomic mass is 31.2. The molecule has 0 heterocycles. The number of carbonyl (C=O) groups is 4. The van der Waals surface area contributed by atoms with Gasteiger partial charge in [-0.2, -0.15) is 0 Å². The molecule has 0 aromatic carbocycles. The minimum Gasteiger partial charge on any atom is -0.462 e. The number of esters is 4. The van der Waals surface area contributed by atoms with Gasteiger partial charge in [0.2, 0.25) is 0 Å². The molecule has 0 amide bonds. The normalized spacial score (nSPS) is 14.9. The standard InChI is InChI=1S/C73H138O17P2/c1-8-11-12-13-14-15-16-17-18-23-26-29-32-42-49-56-72(77)89-68(60-83-70(75)54-47-40-31-28-25-22-20-19-21-24-27-30-38-45-52-65(6)9-2)62-87-91(79,80)85-58-67(74)59-86-92(81,82)88-63-69(90-73(78)57-50-43-35-33-37-44-51-64(4)5)61-84-71(76)55-48-41-36-34-39-46-53-66(7)10-3/h15-18,64-69,74H,8-14,19-63H2,1-7H3,(H,79,80)(H,81,82)/b16-15-,18-17-/t65?,66?,67-,68-,69-/m1/s1. The Bertz CT molecular complexity index is 1900. The number of rotatable bonds is 69. The number of allylic oxidation sites excluding steroid dienone is 4. The molecule has 7 atom stereocenters. The van der Waals surface area contributed by atoms with Crippen molar-refractivity contribution >= 4 is 39.5 Å². The molecule has 0 aromatic rings. The molecule has 542 valence electrons. The number of unbranched alkanes of at least 4 members (excludes halogenated alkanes) is 32. The monoisotopic (exact) mass is 1350 g/mol. The van der Waals surface area contributed by atoms with E-state index in [2.05, 4.69) is 72.8 Å². The zero-order chi connectivity index (χ0) is 68.0. The third-order valence-electron chi connectivity index (χ3n) is 17.0. The summed E-state index contributed by atoms with van der Waals surface area (Å²) in [5.41, 5.74) is 0. The van der Waals surface area contributed by atoms with Crippen molar-refractivity contribution in [1.29, 1.82) is 0 Å². The molecule has 92 heavy (non-hydrogen) atoms. The highest BCUT2D eigenvalue weighted by Gasteiger charge is 2.30. The Kier molecular flexibility index (Phi) is 61.6. The van der Waals surface area contributed by atoms with Crippen molar-refractivity contribution in [2.24, 2.45) is 17.8 Å². The number of ether oxygens (including phenoxy) is 4. The fourth-order valence-electron chi connectivity index (χ4n) is 10.5. The van der Waals surface area contributed by atoms with Crippen molar-refractivity contribution in [1.82, 2.24) is 0 Å². The van der Waals surface area contributed by atoms with Crippen LogP contribution in [0, 0.1) is 17.8 Å². The first kappa shape index (κ1) is 89.5. The maximum absolute atomic E-state index is 13.0. The SMILES string of the molecule is CCCCCC/C=C\C=C/CCCCCCCC(=O)O[C@H](COC(=O)CCCCCCCCCCCCCCCCC(C)CC)COP(=O)(O)OC[C@@H](O)COP(=O)(O)OC[C@@H](COC(=O)CCCCCCCCC(C)CC)OC(=O)CCCCCCCCC(C)C. The van der Waals surface area contributed by atoms with Crippen LogP contribution in [0.3, 0.4) is 0 Å². The first-order chi connectivity index (χ1) is 44.3. The smallest absolute Gasteiger partial charge is 0.462 e. The number of phosphoric ester groups is 2. The lowest BCUT2D eigenvalue weighted by Gasteiger charge is -2.21. The van der Waals surface area contributed by atoms with Gasteiger partial charge >= 0.3 is 39.5 Å². The topological polar surface area (TPSA) is 237 Å². The van der Waals surface area contributed by atoms with Crippen LogP contribution in [0.4, 0.5) is 0 Å². The largest absolute Gasteiger partial charge is 0.472 e. The van der Waals surface area contributed by atoms with Crippen LogP contribution in [-0.2, 0) is 65.4 Å². The van der Waals surface area contributed by atoms with Crippen LogP contribution in [0.2, 0.25) is 0 Å². The number of aliphatic hydroxyl groups excluding tert-OH is 1. The Hall–Kier alpha value is -2.46. The molecule has 0 aliphatic rings. The number of aliphatic hydroxyl groups is 1. The van der Waals surface area contributed by atoms with Gasteiger partial charge in [-0.3, -0.25) is 37.3 Å². The molecular formula is C73H138O17P2. The van der Waals surface area contributed by atoms with Gasteiger partial charge in [-0.15, -0.1) is 0 Å². The summed E-state index contributed by atoms with van der Waals surface area (Å²) >= 11 is 0. The third kappa shape index (κ3) is 63.6. The predicted molar refractivity (Wildman–Crippen MR) is 372 cm³/mol. The lowest BCUT2D eigenvalue weighted by molar-refractivity contribution is -0.161. The van der Waals surface area contributed by atoms with Crippen molar-refractivity contribution in [3.05, 3.63) is 24.3 Å². The van der Waals surface area contributed by atoms with Crippen LogP contribution in [0.25, 0.3) is 0 Å². The van der Waals surface area contributed by atoms with E-state index in [9.17, 15) is 43.2 Å². The van der Waals surface area contributed by atoms with Gasteiger partial charge in [-0.05, 0) is 69.1 Å². The molecule has 0 saturated carbocycles. The van der Waals surface area contributed by atoms with E-state index in [1.807, 2.05) is 0 Å². The molecule has 0 spiro atoms. The lowest BCUT2D eigenvalue weighted by atomic mass is 9.99. The van der Waals surface area contributed by atoms with Gasteiger partial charge in [-0.25, -0.2) is 9.13 Å². The molecule has 0 saturated heterocycles. The third-order valence-corrected chi connectivity index (χ3v) is 18.9. The van der Waals surface area contributed by atoms with E-state index >= 15 is 0 Å². The fraction of sp³-hybridized carbons (Fsp3) is 0.890. The maximum Gasteiger partial charge on any atom is 0.472 e. The molecule has 4 unspecified atom stereocenters. The molecule has 17 nitrogen and oxygen atoms in total. The Morgan fingerprint density at radius 2 is 0.641 bits per heavy atom. The molecule has 3 N–H and O–H groups in total. The lowest BCUT2D eigenvalue weighted by Crippen LogP contribution is -2.30. The predicted octanol–water partition coefficient (Wildman–Crippen LogP) is 20.6. The van der Waals surface area contributed by atoms with Gasteiger partial charge < -0.3 is 33.8 Å². The van der Waals surface area contributed by atoms with Crippen molar-refractivity contribution in [2.75, 3.05) is 39.6 Å². The second kappa shape index (κ2) is 63.3. The number of hydrogen-bond donors (Lipinski definition) is 3. The molecule has 0 aliphatic carbocycles. The second-order valence-electron chi connectivity index (χ2n) is 26.6. The van der Waals surface area contributed by atoms with Gasteiger partial charge in [0.25, 0.3) is 0 Å². The highest BCUT2D eigenvalue weighted by molar-refractivity contribution is 7.47. The van der Waals surface area contributed by atoms with E-state index < -0.39 is 97.5 Å². The maximum atomic E-state index is 13.0. The van der Waals surface area contributed by atoms with Gasteiger partial charge in [-0.1, -0.05) is 291 Å². The quantitative estimate of drug-likeness (QED) is 0.0169. The highest BCUT2D eigenvalue weighted by Crippen LogP contribution is 2.45. The zero-order valence-corrected chi connectivity index (χ0v) is 61.3. The van der Waals surface area contributed by atoms with Gasteiger partial charge in [0.15, 0.2) is 12.2 Å². The van der Waals surface area contributed by atoms with Crippen molar-refractivity contribution in [3.8, 4) is 0 Å². The number of carbonyl (C=O) groups excluding carboxylic acids is 4. The minimum absolute atomic E-state index is 0.0846. The molecule has 0 aliphatic heterocycles. The second-order valence-corrected chi connectivity index (χ2v) is 29.5. The average molecular weight is 1350 g/mol. The average Bonchev–Trinajstić information content (AvgIpc) is 2.74. The van der Waals surface area contributed by atoms with Crippen LogP contribution in [0.15, 0.2) is 24.3 Å². The van der Waals surface area contributed by atoms with Crippen LogP contribution in [-0.4, -0.2) is 96.7 Å². The number of hydrogen-bond acceptors (Lipinski definition) is 15. The summed E-state index contributed by atoms with van der Waals surface area (Å²) in [6.45, 7) is 11.7. The Labute approximate surface area is 561 Å². The first-order valence-electron chi connectivity index (χ1n) is 37.2. The van der Waals surface area contributed by atoms with E-state index in [4.69, 9.17) is 37.0 Å². The number of phosphoric acid groups is 2. The summed E-state index contributed by atoms with van der Waals surface area (Å²) in [5, 5.41) is 10.6. The molecule has 0 aromatic heterocycles. The first-order valence-corrected chi connectivity index (χ1v) is 40.2. The van der Waals surface area contributed by atoms with Gasteiger partial charge in [0.05, 0.1) is 26.4 Å². The van der Waals surface area contributed by atoms with E-state index in [0.717, 1.165) is 121 Å². The van der Waals surface area contributed by atoms with Crippen molar-refractivity contribution in [3.63, 3.8) is 0 Å². The summed E-state index contributed by atoms with van der Waals surface area (Å²) in [5.74, 6) is 0.0858. The molecule has 0 bridgehead atoms. The minimum atomic E-state index is -4.96. The van der Waals surface area contributed by atoms with Crippen LogP contribution in [0.5, 0.6) is 0 Å². The van der Waals surface area contributed by atoms with E-state index in [-0.39, 0.29) is 25.7 Å². The fourth-order valence-corrected chi connectivity index (χ4v) is 12.0. The molecule has 0 radical (unpaired) electrons. The van der Waals surface area contributed by atoms with Gasteiger partial charge in [0, 0.05) is 25.7 Å². The van der Waals surface area contributed by atoms with Crippen LogP contribution in [0.1, 0.15) is 344 Å². The Morgan fingerprint density at radius 3 is 0.967 bits per heavy atom. The summed E-state index contributed by atoms with van der Waals surface area (Å²) in [7, 11) is -9.92. The summed E-state index contributed by atoms with van der Waals surface area (Å²) in [6.07, 6.45) is 51.0. The molecular weight excluding hydrogens is 1210 g/mol. The Balaban J connectivity index is 5.25. The van der Waals surface area contributed by atoms with Crippen molar-refractivity contribution in [2.45, 2.75) is 362 Å². The molecule has 0 fully saturated rings. The molecule has 19 heteroatoms. The zero-order valence-electron chi connectivity index (χ0n) is 59.5. The molecule has 0 rings (SSSR count). The van der Waals surface area contributed by atoms with E-state index in [1.54, 1.807) is 0 Å². The van der Waals surface area contributed by atoms with Crippen molar-refractivity contribution < 1.29 is 80.2 Å². The summed E-state index contributed by atoms with van der Waals surface area (Å²) in [6, 6.07) is 0. The van der Waals surface area contributed by atoms with Crippen LogP contribution >= 0.6 is 15.6 Å². The summed E-state index contributed by atoms with van der Waals surface area (Å²) in [4.78, 5) is 72.6. The van der Waals surface area contributed by atoms with Gasteiger partial charge in [0.1, 0.15) is 19.3 Å². The Morgan fingerprint density at radius 1 is 0.359 bits per heavy atom. The van der Waals surface area contributed by atoms with E-state index in [1.165, 1.54) is 135 Å². The summed E-state index contributed by atoms with van der Waals surface area (Å²) < 4.78 is 68.3. The van der Waals surface area contributed by atoms with E-state index in [0.29, 0.717) is 31.6 Å². The van der Waals surface area contributed by atoms with Crippen LogP contribution < -0.4 is 0 Å².